The van der Waals surface area contributed by atoms with Gasteiger partial charge < -0.3 is 19.9 Å². The Morgan fingerprint density at radius 1 is 1.24 bits per heavy atom. The van der Waals surface area contributed by atoms with Crippen molar-refractivity contribution in [2.24, 2.45) is 10.9 Å². The molecule has 5 rings (SSSR count). The van der Waals surface area contributed by atoms with E-state index in [-0.39, 0.29) is 11.8 Å². The fourth-order valence-corrected chi connectivity index (χ4v) is 5.99. The first-order valence-electron chi connectivity index (χ1n) is 11.6. The molecule has 34 heavy (non-hydrogen) atoms. The Balaban J connectivity index is 1.42. The third-order valence-corrected chi connectivity index (χ3v) is 7.82. The van der Waals surface area contributed by atoms with Crippen LogP contribution >= 0.6 is 11.3 Å². The van der Waals surface area contributed by atoms with Crippen molar-refractivity contribution in [3.8, 4) is 5.75 Å². The van der Waals surface area contributed by atoms with E-state index >= 15 is 0 Å². The van der Waals surface area contributed by atoms with Gasteiger partial charge in [0, 0.05) is 37.1 Å². The van der Waals surface area contributed by atoms with Crippen LogP contribution in [0.1, 0.15) is 28.0 Å². The van der Waals surface area contributed by atoms with Gasteiger partial charge in [0.25, 0.3) is 0 Å². The van der Waals surface area contributed by atoms with Gasteiger partial charge in [-0.15, -0.1) is 11.3 Å². The molecule has 1 aliphatic carbocycles. The van der Waals surface area contributed by atoms with E-state index in [0.29, 0.717) is 6.54 Å². The molecule has 1 atom stereocenters. The number of anilines is 2. The third kappa shape index (κ3) is 4.25. The molecule has 0 saturated carbocycles. The van der Waals surface area contributed by atoms with Gasteiger partial charge in [-0.1, -0.05) is 0 Å². The number of fused-ring (bicyclic) bond motifs is 4. The number of methoxy groups -OCH3 is 1. The monoisotopic (exact) mass is 478 g/mol. The first-order chi connectivity index (χ1) is 16.4. The smallest absolute Gasteiger partial charge is 0.225 e. The topological polar surface area (TPSA) is 82.9 Å². The number of carbonyl (C=O) groups excluding carboxylic acids is 1. The second-order valence-corrected chi connectivity index (χ2v) is 10.3. The van der Waals surface area contributed by atoms with Crippen LogP contribution in [0.15, 0.2) is 23.5 Å². The maximum atomic E-state index is 13.1. The zero-order valence-electron chi connectivity index (χ0n) is 20.1. The summed E-state index contributed by atoms with van der Waals surface area (Å²) in [6.07, 6.45) is 5.96. The number of nitrogens with one attached hydrogen (secondary N) is 1. The Morgan fingerprint density at radius 3 is 2.88 bits per heavy atom. The molecule has 0 saturated heterocycles. The van der Waals surface area contributed by atoms with Crippen LogP contribution in [0.2, 0.25) is 0 Å². The van der Waals surface area contributed by atoms with Crippen LogP contribution in [-0.4, -0.2) is 73.2 Å². The summed E-state index contributed by atoms with van der Waals surface area (Å²) in [5.74, 6) is 1.81. The molecule has 178 valence electrons. The van der Waals surface area contributed by atoms with Crippen LogP contribution < -0.4 is 10.1 Å². The molecule has 3 aromatic rings. The summed E-state index contributed by atoms with van der Waals surface area (Å²) >= 11 is 1.68. The highest BCUT2D eigenvalue weighted by atomic mass is 32.1. The maximum Gasteiger partial charge on any atom is 0.225 e. The summed E-state index contributed by atoms with van der Waals surface area (Å²) in [5.41, 5.74) is 4.39. The van der Waals surface area contributed by atoms with E-state index in [1.54, 1.807) is 24.8 Å². The molecule has 0 spiro atoms. The molecule has 1 aromatic carbocycles. The van der Waals surface area contributed by atoms with Crippen molar-refractivity contribution in [3.63, 3.8) is 0 Å². The van der Waals surface area contributed by atoms with E-state index in [0.717, 1.165) is 71.0 Å². The number of aromatic nitrogens is 2. The average Bonchev–Trinajstić information content (AvgIpc) is 3.45. The normalized spacial score (nSPS) is 16.6. The number of hydrogen-bond donors (Lipinski definition) is 1. The number of aliphatic imine (C=N–C) groups is 1. The molecule has 1 N–H and O–H groups in total. The van der Waals surface area contributed by atoms with Gasteiger partial charge in [-0.05, 0) is 62.2 Å². The summed E-state index contributed by atoms with van der Waals surface area (Å²) in [7, 11) is 7.65. The van der Waals surface area contributed by atoms with E-state index in [4.69, 9.17) is 4.74 Å². The average molecular weight is 479 g/mol. The molecule has 1 aliphatic heterocycles. The molecule has 8 nitrogen and oxygen atoms in total. The van der Waals surface area contributed by atoms with Crippen molar-refractivity contribution >= 4 is 45.2 Å². The Morgan fingerprint density at radius 2 is 2.09 bits per heavy atom. The molecule has 2 aromatic heterocycles. The van der Waals surface area contributed by atoms with Gasteiger partial charge in [0.1, 0.15) is 22.7 Å². The Hall–Kier alpha value is -3.04. The predicted octanol–water partition coefficient (Wildman–Crippen LogP) is 3.50. The van der Waals surface area contributed by atoms with E-state index in [2.05, 4.69) is 31.2 Å². The van der Waals surface area contributed by atoms with Gasteiger partial charge in [0.2, 0.25) is 5.91 Å². The minimum absolute atomic E-state index is 0.0215. The van der Waals surface area contributed by atoms with Crippen LogP contribution in [-0.2, 0) is 24.2 Å². The van der Waals surface area contributed by atoms with Crippen molar-refractivity contribution in [1.29, 1.82) is 0 Å². The van der Waals surface area contributed by atoms with Gasteiger partial charge in [-0.3, -0.25) is 9.79 Å². The minimum atomic E-state index is 0.0215. The van der Waals surface area contributed by atoms with Crippen molar-refractivity contribution in [2.75, 3.05) is 46.7 Å². The van der Waals surface area contributed by atoms with Crippen molar-refractivity contribution in [1.82, 2.24) is 19.8 Å². The predicted molar refractivity (Wildman–Crippen MR) is 137 cm³/mol. The van der Waals surface area contributed by atoms with E-state index in [1.165, 1.54) is 10.4 Å². The lowest BCUT2D eigenvalue weighted by Crippen LogP contribution is -2.39. The molecule has 0 fully saturated rings. The number of amides is 1. The highest BCUT2D eigenvalue weighted by Gasteiger charge is 2.30. The zero-order valence-corrected chi connectivity index (χ0v) is 20.9. The standard InChI is InChI=1S/C25H30N6O2S/c1-30(2)7-8-31(3)25(32)15-5-6-18-21(11-15)34-24-22(18)23(27-14-28-24)29-19-9-16-12-26-13-17(16)10-20(19)33-4/h9-10,12,14-15H,5-8,11,13H2,1-4H3,(H,27,28,29)/t15-/m0/s1. The van der Waals surface area contributed by atoms with Crippen LogP contribution in [0.4, 0.5) is 11.5 Å². The van der Waals surface area contributed by atoms with Crippen molar-refractivity contribution in [2.45, 2.75) is 25.8 Å². The van der Waals surface area contributed by atoms with Crippen molar-refractivity contribution in [3.05, 3.63) is 40.0 Å². The first-order valence-corrected chi connectivity index (χ1v) is 12.4. The van der Waals surface area contributed by atoms with Crippen LogP contribution in [0, 0.1) is 5.92 Å². The number of carbonyl (C=O) groups is 1. The third-order valence-electron chi connectivity index (χ3n) is 6.66. The number of ether oxygens (including phenoxy) is 1. The van der Waals surface area contributed by atoms with Gasteiger partial charge in [0.15, 0.2) is 0 Å². The minimum Gasteiger partial charge on any atom is -0.495 e. The lowest BCUT2D eigenvalue weighted by molar-refractivity contribution is -0.134. The summed E-state index contributed by atoms with van der Waals surface area (Å²) in [6, 6.07) is 4.10. The molecular formula is C25H30N6O2S. The molecule has 0 radical (unpaired) electrons. The first kappa shape index (κ1) is 22.7. The maximum absolute atomic E-state index is 13.1. The highest BCUT2D eigenvalue weighted by Crippen LogP contribution is 2.42. The second kappa shape index (κ2) is 9.31. The summed E-state index contributed by atoms with van der Waals surface area (Å²) in [5, 5.41) is 4.56. The summed E-state index contributed by atoms with van der Waals surface area (Å²) in [4.78, 5) is 32.7. The summed E-state index contributed by atoms with van der Waals surface area (Å²) in [6.45, 7) is 2.30. The lowest BCUT2D eigenvalue weighted by atomic mass is 9.87. The Bertz CT molecular complexity index is 1270. The molecule has 1 amide bonds. The number of nitrogens with zero attached hydrogens (tertiary/aromatic N) is 5. The van der Waals surface area contributed by atoms with Crippen molar-refractivity contribution < 1.29 is 9.53 Å². The number of benzene rings is 1. The zero-order chi connectivity index (χ0) is 23.8. The molecule has 9 heteroatoms. The molecule has 3 heterocycles. The largest absolute Gasteiger partial charge is 0.495 e. The molecule has 0 unspecified atom stereocenters. The Kier molecular flexibility index (Phi) is 6.22. The van der Waals surface area contributed by atoms with Gasteiger partial charge in [-0.2, -0.15) is 0 Å². The summed E-state index contributed by atoms with van der Waals surface area (Å²) < 4.78 is 5.64. The van der Waals surface area contributed by atoms with E-state index in [1.807, 2.05) is 38.3 Å². The van der Waals surface area contributed by atoms with Gasteiger partial charge in [-0.25, -0.2) is 9.97 Å². The molecular weight excluding hydrogens is 448 g/mol. The van der Waals surface area contributed by atoms with E-state index in [9.17, 15) is 4.79 Å². The van der Waals surface area contributed by atoms with Crippen LogP contribution in [0.3, 0.4) is 0 Å². The SMILES string of the molecule is COc1cc2c(cc1Nc1ncnc3sc4c(c13)CC[C@H](C(=O)N(C)CCN(C)C)C4)C=NC2. The van der Waals surface area contributed by atoms with Crippen LogP contribution in [0.25, 0.3) is 10.2 Å². The van der Waals surface area contributed by atoms with Gasteiger partial charge in [0.05, 0.1) is 24.7 Å². The number of hydrogen-bond acceptors (Lipinski definition) is 8. The van der Waals surface area contributed by atoms with Gasteiger partial charge >= 0.3 is 0 Å². The Labute approximate surface area is 203 Å². The fourth-order valence-electron chi connectivity index (χ4n) is 4.72. The molecule has 0 bridgehead atoms. The second-order valence-electron chi connectivity index (χ2n) is 9.26. The lowest BCUT2D eigenvalue weighted by Gasteiger charge is -2.27. The quantitative estimate of drug-likeness (QED) is 0.560. The van der Waals surface area contributed by atoms with E-state index < -0.39 is 0 Å². The fraction of sp³-hybridized carbons (Fsp3) is 0.440. The highest BCUT2D eigenvalue weighted by molar-refractivity contribution is 7.19. The number of likely N-dealkylation sites (N-methyl/N-ethyl adjacent to an activating group) is 2. The number of rotatable bonds is 7. The molecule has 2 aliphatic rings. The number of aryl methyl sites for hydroxylation is 1. The van der Waals surface area contributed by atoms with Crippen LogP contribution in [0.5, 0.6) is 5.75 Å². The number of thiophene rings is 1.